The molecule has 1 aliphatic rings. The molecule has 1 aromatic carbocycles. The van der Waals surface area contributed by atoms with Gasteiger partial charge in [-0.1, -0.05) is 18.2 Å². The summed E-state index contributed by atoms with van der Waals surface area (Å²) in [5, 5.41) is 0. The molecular weight excluding hydrogens is 320 g/mol. The zero-order chi connectivity index (χ0) is 18.1. The highest BCUT2D eigenvalue weighted by atomic mass is 16.5. The molecule has 0 saturated carbocycles. The molecule has 0 spiro atoms. The summed E-state index contributed by atoms with van der Waals surface area (Å²) in [7, 11) is 0. The van der Waals surface area contributed by atoms with E-state index >= 15 is 0 Å². The van der Waals surface area contributed by atoms with Crippen LogP contribution < -0.4 is 4.74 Å². The minimum Gasteiger partial charge on any atom is -0.493 e. The monoisotopic (exact) mass is 346 g/mol. The fraction of sp³-hybridized carbons (Fsp3) is 0.526. The molecule has 2 amide bonds. The first-order valence-electron chi connectivity index (χ1n) is 8.79. The number of ketones is 1. The lowest BCUT2D eigenvalue weighted by Gasteiger charge is -2.22. The second-order valence-electron chi connectivity index (χ2n) is 6.23. The Morgan fingerprint density at radius 3 is 2.08 bits per heavy atom. The zero-order valence-electron chi connectivity index (χ0n) is 14.8. The number of ether oxygens (including phenoxy) is 1. The second-order valence-corrected chi connectivity index (χ2v) is 6.23. The molecule has 1 saturated heterocycles. The first-order chi connectivity index (χ1) is 12.1. The molecule has 1 fully saturated rings. The summed E-state index contributed by atoms with van der Waals surface area (Å²) >= 11 is 0. The van der Waals surface area contributed by atoms with Crippen LogP contribution in [-0.2, 0) is 14.4 Å². The summed E-state index contributed by atoms with van der Waals surface area (Å²) in [6, 6.07) is 9.42. The van der Waals surface area contributed by atoms with Gasteiger partial charge < -0.3 is 19.3 Å². The molecule has 0 N–H and O–H groups in total. The Labute approximate surface area is 148 Å². The molecule has 25 heavy (non-hydrogen) atoms. The predicted octanol–water partition coefficient (Wildman–Crippen LogP) is 1.89. The Hall–Kier alpha value is -2.37. The highest BCUT2D eigenvalue weighted by Crippen LogP contribution is 2.10. The molecule has 0 radical (unpaired) electrons. The van der Waals surface area contributed by atoms with Crippen LogP contribution in [-0.4, -0.2) is 60.2 Å². The van der Waals surface area contributed by atoms with Crippen LogP contribution in [0.2, 0.25) is 0 Å². The van der Waals surface area contributed by atoms with Crippen molar-refractivity contribution in [1.29, 1.82) is 0 Å². The minimum absolute atomic E-state index is 0.00286. The Morgan fingerprint density at radius 1 is 0.880 bits per heavy atom. The van der Waals surface area contributed by atoms with Crippen LogP contribution in [0.25, 0.3) is 0 Å². The molecule has 6 heteroatoms. The van der Waals surface area contributed by atoms with E-state index in [0.29, 0.717) is 39.2 Å². The normalized spacial score (nSPS) is 14.8. The molecule has 0 aromatic heterocycles. The number of nitrogens with zero attached hydrogens (tertiary/aromatic N) is 2. The largest absolute Gasteiger partial charge is 0.493 e. The Kier molecular flexibility index (Phi) is 7.44. The maximum atomic E-state index is 12.3. The number of hydrogen-bond donors (Lipinski definition) is 0. The van der Waals surface area contributed by atoms with E-state index in [4.69, 9.17) is 4.74 Å². The summed E-state index contributed by atoms with van der Waals surface area (Å²) in [6.07, 6.45) is 1.63. The summed E-state index contributed by atoms with van der Waals surface area (Å²) in [5.41, 5.74) is 0. The van der Waals surface area contributed by atoms with Crippen molar-refractivity contribution in [2.75, 3.05) is 32.8 Å². The number of carbonyl (C=O) groups is 3. The van der Waals surface area contributed by atoms with Crippen molar-refractivity contribution in [3.63, 3.8) is 0 Å². The molecule has 2 rings (SSSR count). The number of benzene rings is 1. The molecule has 0 bridgehead atoms. The van der Waals surface area contributed by atoms with Crippen LogP contribution in [0.4, 0.5) is 0 Å². The summed E-state index contributed by atoms with van der Waals surface area (Å²) in [4.78, 5) is 39.0. The SMILES string of the molecule is CC(=O)CCC(=O)N1CCCN(C(=O)CCOc2ccccc2)CC1. The fourth-order valence-electron chi connectivity index (χ4n) is 2.79. The topological polar surface area (TPSA) is 66.9 Å². The van der Waals surface area contributed by atoms with E-state index in [-0.39, 0.29) is 30.4 Å². The van der Waals surface area contributed by atoms with E-state index in [0.717, 1.165) is 12.2 Å². The van der Waals surface area contributed by atoms with Gasteiger partial charge >= 0.3 is 0 Å². The average Bonchev–Trinajstić information content (AvgIpc) is 2.87. The quantitative estimate of drug-likeness (QED) is 0.756. The van der Waals surface area contributed by atoms with Gasteiger partial charge in [0.1, 0.15) is 11.5 Å². The zero-order valence-corrected chi connectivity index (χ0v) is 14.8. The van der Waals surface area contributed by atoms with Crippen molar-refractivity contribution in [3.05, 3.63) is 30.3 Å². The third kappa shape index (κ3) is 6.57. The fourth-order valence-corrected chi connectivity index (χ4v) is 2.79. The molecule has 1 aliphatic heterocycles. The Bertz CT molecular complexity index is 588. The van der Waals surface area contributed by atoms with Gasteiger partial charge in [-0.05, 0) is 25.5 Å². The molecule has 6 nitrogen and oxygen atoms in total. The van der Waals surface area contributed by atoms with E-state index in [1.165, 1.54) is 6.92 Å². The van der Waals surface area contributed by atoms with Gasteiger partial charge in [-0.25, -0.2) is 0 Å². The second kappa shape index (κ2) is 9.81. The van der Waals surface area contributed by atoms with Gasteiger partial charge in [0.15, 0.2) is 0 Å². The van der Waals surface area contributed by atoms with Gasteiger partial charge in [0, 0.05) is 39.0 Å². The number of Topliss-reactive ketones (excluding diaryl/α,β-unsaturated/α-hetero) is 1. The van der Waals surface area contributed by atoms with Crippen molar-refractivity contribution >= 4 is 17.6 Å². The van der Waals surface area contributed by atoms with Gasteiger partial charge in [-0.15, -0.1) is 0 Å². The maximum absolute atomic E-state index is 12.3. The summed E-state index contributed by atoms with van der Waals surface area (Å²) in [5.74, 6) is 0.831. The van der Waals surface area contributed by atoms with Crippen molar-refractivity contribution < 1.29 is 19.1 Å². The van der Waals surface area contributed by atoms with Crippen molar-refractivity contribution in [2.24, 2.45) is 0 Å². The summed E-state index contributed by atoms with van der Waals surface area (Å²) < 4.78 is 5.57. The van der Waals surface area contributed by atoms with E-state index in [1.54, 1.807) is 9.80 Å². The number of carbonyl (C=O) groups excluding carboxylic acids is 3. The molecule has 0 atom stereocenters. The lowest BCUT2D eigenvalue weighted by atomic mass is 10.2. The van der Waals surface area contributed by atoms with Crippen LogP contribution in [0.3, 0.4) is 0 Å². The Balaban J connectivity index is 1.73. The van der Waals surface area contributed by atoms with Crippen molar-refractivity contribution in [3.8, 4) is 5.75 Å². The third-order valence-corrected chi connectivity index (χ3v) is 4.22. The highest BCUT2D eigenvalue weighted by molar-refractivity contribution is 5.83. The third-order valence-electron chi connectivity index (χ3n) is 4.22. The molecular formula is C19H26N2O4. The van der Waals surface area contributed by atoms with E-state index in [9.17, 15) is 14.4 Å². The number of rotatable bonds is 7. The van der Waals surface area contributed by atoms with E-state index in [1.807, 2.05) is 30.3 Å². The lowest BCUT2D eigenvalue weighted by molar-refractivity contribution is -0.134. The van der Waals surface area contributed by atoms with Crippen LogP contribution in [0.15, 0.2) is 30.3 Å². The van der Waals surface area contributed by atoms with Gasteiger partial charge in [0.05, 0.1) is 13.0 Å². The van der Waals surface area contributed by atoms with Crippen molar-refractivity contribution in [2.45, 2.75) is 32.6 Å². The first-order valence-corrected chi connectivity index (χ1v) is 8.79. The highest BCUT2D eigenvalue weighted by Gasteiger charge is 2.21. The van der Waals surface area contributed by atoms with E-state index in [2.05, 4.69) is 0 Å². The smallest absolute Gasteiger partial charge is 0.226 e. The maximum Gasteiger partial charge on any atom is 0.226 e. The molecule has 1 aromatic rings. The Morgan fingerprint density at radius 2 is 1.48 bits per heavy atom. The summed E-state index contributed by atoms with van der Waals surface area (Å²) in [6.45, 7) is 4.20. The molecule has 0 unspecified atom stereocenters. The molecule has 0 aliphatic carbocycles. The van der Waals surface area contributed by atoms with Crippen LogP contribution in [0.1, 0.15) is 32.6 Å². The number of hydrogen-bond acceptors (Lipinski definition) is 4. The predicted molar refractivity (Wildman–Crippen MR) is 94.2 cm³/mol. The van der Waals surface area contributed by atoms with Crippen molar-refractivity contribution in [1.82, 2.24) is 9.80 Å². The van der Waals surface area contributed by atoms with Crippen LogP contribution in [0, 0.1) is 0 Å². The first kappa shape index (κ1) is 19.0. The van der Waals surface area contributed by atoms with Gasteiger partial charge in [0.2, 0.25) is 11.8 Å². The molecule has 1 heterocycles. The number of para-hydroxylation sites is 1. The van der Waals surface area contributed by atoms with Crippen LogP contribution in [0.5, 0.6) is 5.75 Å². The number of amides is 2. The van der Waals surface area contributed by atoms with Gasteiger partial charge in [0.25, 0.3) is 0 Å². The lowest BCUT2D eigenvalue weighted by Crippen LogP contribution is -2.37. The standard InChI is InChI=1S/C19H26N2O4/c1-16(22)8-9-18(23)20-11-5-12-21(14-13-20)19(24)10-15-25-17-6-3-2-4-7-17/h2-4,6-7H,5,8-15H2,1H3. The minimum atomic E-state index is -0.00286. The van der Waals surface area contributed by atoms with Gasteiger partial charge in [-0.3, -0.25) is 9.59 Å². The van der Waals surface area contributed by atoms with Crippen LogP contribution >= 0.6 is 0 Å². The van der Waals surface area contributed by atoms with E-state index < -0.39 is 0 Å². The van der Waals surface area contributed by atoms with Gasteiger partial charge in [-0.2, -0.15) is 0 Å². The molecule has 136 valence electrons. The average molecular weight is 346 g/mol.